The van der Waals surface area contributed by atoms with Crippen LogP contribution in [0.5, 0.6) is 11.5 Å². The van der Waals surface area contributed by atoms with Crippen molar-refractivity contribution in [3.8, 4) is 22.1 Å². The van der Waals surface area contributed by atoms with Gasteiger partial charge >= 0.3 is 11.9 Å². The molecule has 2 heterocycles. The second-order valence-electron chi connectivity index (χ2n) is 5.60. The SMILES string of the molecule is COC(=O)/C=C/c1ccc(OC(=O)c2csc(-c3cnn(C)c3)n2)c(OC)c1. The maximum atomic E-state index is 12.4. The van der Waals surface area contributed by atoms with Gasteiger partial charge < -0.3 is 14.2 Å². The summed E-state index contributed by atoms with van der Waals surface area (Å²) in [6.45, 7) is 0. The second kappa shape index (κ2) is 8.49. The number of benzene rings is 1. The van der Waals surface area contributed by atoms with Crippen molar-refractivity contribution >= 4 is 29.4 Å². The maximum Gasteiger partial charge on any atom is 0.363 e. The Labute approximate surface area is 165 Å². The molecule has 0 amide bonds. The topological polar surface area (TPSA) is 92.5 Å². The van der Waals surface area contributed by atoms with Crippen molar-refractivity contribution in [2.45, 2.75) is 0 Å². The Morgan fingerprint density at radius 3 is 2.71 bits per heavy atom. The summed E-state index contributed by atoms with van der Waals surface area (Å²) in [5.41, 5.74) is 1.71. The molecule has 28 heavy (non-hydrogen) atoms. The highest BCUT2D eigenvalue weighted by Gasteiger charge is 2.17. The second-order valence-corrected chi connectivity index (χ2v) is 6.45. The van der Waals surface area contributed by atoms with Gasteiger partial charge in [-0.15, -0.1) is 11.3 Å². The van der Waals surface area contributed by atoms with Crippen molar-refractivity contribution in [1.29, 1.82) is 0 Å². The number of aromatic nitrogens is 3. The van der Waals surface area contributed by atoms with E-state index in [2.05, 4.69) is 14.8 Å². The number of methoxy groups -OCH3 is 2. The van der Waals surface area contributed by atoms with Crippen molar-refractivity contribution in [2.24, 2.45) is 7.05 Å². The first-order chi connectivity index (χ1) is 13.5. The van der Waals surface area contributed by atoms with Gasteiger partial charge in [0.2, 0.25) is 0 Å². The zero-order chi connectivity index (χ0) is 20.1. The molecule has 9 heteroatoms. The predicted octanol–water partition coefficient (Wildman–Crippen LogP) is 2.96. The number of carbonyl (C=O) groups is 2. The molecule has 0 saturated carbocycles. The van der Waals surface area contributed by atoms with Crippen LogP contribution >= 0.6 is 11.3 Å². The van der Waals surface area contributed by atoms with Gasteiger partial charge in [0.15, 0.2) is 17.2 Å². The highest BCUT2D eigenvalue weighted by Crippen LogP contribution is 2.30. The van der Waals surface area contributed by atoms with E-state index in [1.807, 2.05) is 13.2 Å². The number of nitrogens with zero attached hydrogens (tertiary/aromatic N) is 3. The third-order valence-electron chi connectivity index (χ3n) is 3.67. The predicted molar refractivity (Wildman–Crippen MR) is 103 cm³/mol. The van der Waals surface area contributed by atoms with E-state index in [9.17, 15) is 9.59 Å². The molecule has 0 bridgehead atoms. The van der Waals surface area contributed by atoms with Crippen molar-refractivity contribution in [1.82, 2.24) is 14.8 Å². The molecule has 144 valence electrons. The lowest BCUT2D eigenvalue weighted by molar-refractivity contribution is -0.134. The summed E-state index contributed by atoms with van der Waals surface area (Å²) in [4.78, 5) is 27.9. The largest absolute Gasteiger partial charge is 0.493 e. The van der Waals surface area contributed by atoms with E-state index in [0.717, 1.165) is 5.56 Å². The first-order valence-corrected chi connectivity index (χ1v) is 8.99. The molecule has 0 spiro atoms. The normalized spacial score (nSPS) is 10.8. The van der Waals surface area contributed by atoms with Gasteiger partial charge in [0, 0.05) is 30.3 Å². The van der Waals surface area contributed by atoms with Crippen LogP contribution in [0.25, 0.3) is 16.6 Å². The van der Waals surface area contributed by atoms with Gasteiger partial charge in [-0.05, 0) is 23.8 Å². The minimum absolute atomic E-state index is 0.195. The number of hydrogen-bond acceptors (Lipinski definition) is 8. The fourth-order valence-corrected chi connectivity index (χ4v) is 3.05. The van der Waals surface area contributed by atoms with Crippen LogP contribution in [0.3, 0.4) is 0 Å². The number of thiazole rings is 1. The number of ether oxygens (including phenoxy) is 3. The van der Waals surface area contributed by atoms with Gasteiger partial charge in [0.1, 0.15) is 5.01 Å². The molecule has 0 fully saturated rings. The fraction of sp³-hybridized carbons (Fsp3) is 0.158. The summed E-state index contributed by atoms with van der Waals surface area (Å²) in [5.74, 6) is -0.466. The molecule has 1 aromatic carbocycles. The standard InChI is InChI=1S/C19H17N3O5S/c1-22-10-13(9-20-22)18-21-14(11-28-18)19(24)27-15-6-4-12(8-16(15)25-2)5-7-17(23)26-3/h4-11H,1-3H3/b7-5+. The first kappa shape index (κ1) is 19.3. The van der Waals surface area contributed by atoms with Crippen LogP contribution < -0.4 is 9.47 Å². The van der Waals surface area contributed by atoms with Crippen LogP contribution in [0.4, 0.5) is 0 Å². The summed E-state index contributed by atoms with van der Waals surface area (Å²) in [7, 11) is 4.57. The minimum Gasteiger partial charge on any atom is -0.493 e. The van der Waals surface area contributed by atoms with Gasteiger partial charge in [0.05, 0.1) is 20.4 Å². The first-order valence-electron chi connectivity index (χ1n) is 8.11. The van der Waals surface area contributed by atoms with Gasteiger partial charge in [0.25, 0.3) is 0 Å². The molecule has 0 atom stereocenters. The lowest BCUT2D eigenvalue weighted by Crippen LogP contribution is -2.09. The van der Waals surface area contributed by atoms with Gasteiger partial charge in [-0.3, -0.25) is 4.68 Å². The molecule has 0 radical (unpaired) electrons. The van der Waals surface area contributed by atoms with Gasteiger partial charge in [-0.1, -0.05) is 6.07 Å². The van der Waals surface area contributed by atoms with E-state index < -0.39 is 11.9 Å². The van der Waals surface area contributed by atoms with E-state index >= 15 is 0 Å². The molecule has 0 unspecified atom stereocenters. The Kier molecular flexibility index (Phi) is 5.85. The Morgan fingerprint density at radius 1 is 1.21 bits per heavy atom. The quantitative estimate of drug-likeness (QED) is 0.357. The molecule has 8 nitrogen and oxygen atoms in total. The summed E-state index contributed by atoms with van der Waals surface area (Å²) in [6.07, 6.45) is 6.35. The highest BCUT2D eigenvalue weighted by molar-refractivity contribution is 7.13. The Bertz CT molecular complexity index is 1040. The lowest BCUT2D eigenvalue weighted by atomic mass is 10.2. The molecule has 0 aliphatic rings. The van der Waals surface area contributed by atoms with Crippen LogP contribution in [0.1, 0.15) is 16.1 Å². The molecular weight excluding hydrogens is 382 g/mol. The van der Waals surface area contributed by atoms with Crippen LogP contribution in [0, 0.1) is 0 Å². The van der Waals surface area contributed by atoms with Crippen LogP contribution in [0.2, 0.25) is 0 Å². The van der Waals surface area contributed by atoms with Crippen LogP contribution in [0.15, 0.2) is 42.0 Å². The number of rotatable bonds is 6. The van der Waals surface area contributed by atoms with E-state index in [-0.39, 0.29) is 11.4 Å². The zero-order valence-corrected chi connectivity index (χ0v) is 16.2. The number of hydrogen-bond donors (Lipinski definition) is 0. The van der Waals surface area contributed by atoms with Crippen molar-refractivity contribution in [3.05, 3.63) is 53.3 Å². The number of esters is 2. The van der Waals surface area contributed by atoms with Gasteiger partial charge in [-0.2, -0.15) is 5.10 Å². The Hall–Kier alpha value is -3.46. The summed E-state index contributed by atoms with van der Waals surface area (Å²) in [6, 6.07) is 4.92. The van der Waals surface area contributed by atoms with E-state index in [1.165, 1.54) is 31.6 Å². The van der Waals surface area contributed by atoms with Crippen LogP contribution in [-0.4, -0.2) is 40.9 Å². The molecule has 0 aliphatic heterocycles. The van der Waals surface area contributed by atoms with Crippen molar-refractivity contribution in [2.75, 3.05) is 14.2 Å². The van der Waals surface area contributed by atoms with Crippen molar-refractivity contribution < 1.29 is 23.8 Å². The smallest absolute Gasteiger partial charge is 0.363 e. The third-order valence-corrected chi connectivity index (χ3v) is 4.56. The molecule has 2 aromatic heterocycles. The number of carbonyl (C=O) groups excluding carboxylic acids is 2. The average molecular weight is 399 g/mol. The fourth-order valence-electron chi connectivity index (χ4n) is 2.29. The third kappa shape index (κ3) is 4.44. The van der Waals surface area contributed by atoms with Crippen molar-refractivity contribution in [3.63, 3.8) is 0 Å². The van der Waals surface area contributed by atoms with E-state index in [1.54, 1.807) is 40.5 Å². The molecule has 3 aromatic rings. The molecule has 0 aliphatic carbocycles. The average Bonchev–Trinajstić information content (AvgIpc) is 3.35. The molecule has 0 N–H and O–H groups in total. The highest BCUT2D eigenvalue weighted by atomic mass is 32.1. The number of aryl methyl sites for hydroxylation is 1. The summed E-state index contributed by atoms with van der Waals surface area (Å²) in [5, 5.41) is 6.40. The minimum atomic E-state index is -0.595. The van der Waals surface area contributed by atoms with E-state index in [4.69, 9.17) is 9.47 Å². The Balaban J connectivity index is 1.75. The molecule has 3 rings (SSSR count). The molecular formula is C19H17N3O5S. The summed E-state index contributed by atoms with van der Waals surface area (Å²) >= 11 is 1.33. The monoisotopic (exact) mass is 399 g/mol. The van der Waals surface area contributed by atoms with E-state index in [0.29, 0.717) is 16.3 Å². The summed E-state index contributed by atoms with van der Waals surface area (Å²) < 4.78 is 16.9. The van der Waals surface area contributed by atoms with Crippen LogP contribution in [-0.2, 0) is 16.6 Å². The zero-order valence-electron chi connectivity index (χ0n) is 15.4. The lowest BCUT2D eigenvalue weighted by Gasteiger charge is -2.09. The Morgan fingerprint density at radius 2 is 2.04 bits per heavy atom. The maximum absolute atomic E-state index is 12.4. The molecule has 0 saturated heterocycles. The van der Waals surface area contributed by atoms with Gasteiger partial charge in [-0.25, -0.2) is 14.6 Å².